The number of carboxylic acids is 1. The van der Waals surface area contributed by atoms with Crippen LogP contribution in [0.15, 0.2) is 42.5 Å². The Bertz CT molecular complexity index is 658. The van der Waals surface area contributed by atoms with Gasteiger partial charge in [0.1, 0.15) is 0 Å². The maximum atomic E-state index is 11.2. The molecule has 0 aliphatic rings. The molecule has 21 heavy (non-hydrogen) atoms. The maximum Gasteiger partial charge on any atom is 0.337 e. The Balaban J connectivity index is 2.31. The molecule has 110 valence electrons. The molecule has 0 radical (unpaired) electrons. The van der Waals surface area contributed by atoms with E-state index >= 15 is 0 Å². The summed E-state index contributed by atoms with van der Waals surface area (Å²) in [5.74, 6) is -0.956. The number of rotatable bonds is 5. The maximum absolute atomic E-state index is 11.2. The van der Waals surface area contributed by atoms with Crippen molar-refractivity contribution in [2.75, 3.05) is 5.32 Å². The SMILES string of the molecule is CCC(Nc1ccccc1C(=O)O)c1ccc(Cl)c(Cl)c1. The summed E-state index contributed by atoms with van der Waals surface area (Å²) >= 11 is 12.0. The highest BCUT2D eigenvalue weighted by atomic mass is 35.5. The molecule has 0 spiro atoms. The van der Waals surface area contributed by atoms with Crippen LogP contribution in [0.1, 0.15) is 35.3 Å². The number of hydrogen-bond acceptors (Lipinski definition) is 2. The van der Waals surface area contributed by atoms with Crippen molar-refractivity contribution in [2.45, 2.75) is 19.4 Å². The van der Waals surface area contributed by atoms with Crippen LogP contribution in [-0.4, -0.2) is 11.1 Å². The molecule has 2 aromatic rings. The van der Waals surface area contributed by atoms with E-state index in [1.807, 2.05) is 13.0 Å². The standard InChI is InChI=1S/C16H15Cl2NO2/c1-2-14(10-7-8-12(17)13(18)9-10)19-15-6-4-3-5-11(15)16(20)21/h3-9,14,19H,2H2,1H3,(H,20,21). The Hall–Kier alpha value is -1.71. The number of hydrogen-bond donors (Lipinski definition) is 2. The summed E-state index contributed by atoms with van der Waals surface area (Å²) < 4.78 is 0. The first-order valence-electron chi connectivity index (χ1n) is 6.56. The molecule has 2 rings (SSSR count). The van der Waals surface area contributed by atoms with Crippen LogP contribution in [-0.2, 0) is 0 Å². The highest BCUT2D eigenvalue weighted by Crippen LogP contribution is 2.30. The van der Waals surface area contributed by atoms with Gasteiger partial charge in [-0.3, -0.25) is 0 Å². The molecule has 1 atom stereocenters. The fraction of sp³-hybridized carbons (Fsp3) is 0.188. The van der Waals surface area contributed by atoms with Crippen molar-refractivity contribution in [3.8, 4) is 0 Å². The van der Waals surface area contributed by atoms with Gasteiger partial charge in [0, 0.05) is 5.69 Å². The fourth-order valence-electron chi connectivity index (χ4n) is 2.13. The van der Waals surface area contributed by atoms with Crippen LogP contribution in [0.25, 0.3) is 0 Å². The Morgan fingerprint density at radius 1 is 1.19 bits per heavy atom. The second-order valence-electron chi connectivity index (χ2n) is 4.63. The topological polar surface area (TPSA) is 49.3 Å². The van der Waals surface area contributed by atoms with Crippen molar-refractivity contribution in [3.63, 3.8) is 0 Å². The first-order chi connectivity index (χ1) is 10.0. The van der Waals surface area contributed by atoms with Gasteiger partial charge in [-0.2, -0.15) is 0 Å². The van der Waals surface area contributed by atoms with Gasteiger partial charge in [-0.25, -0.2) is 4.79 Å². The van der Waals surface area contributed by atoms with Crippen molar-refractivity contribution < 1.29 is 9.90 Å². The van der Waals surface area contributed by atoms with Crippen molar-refractivity contribution in [2.24, 2.45) is 0 Å². The lowest BCUT2D eigenvalue weighted by Crippen LogP contribution is -2.12. The molecular formula is C16H15Cl2NO2. The van der Waals surface area contributed by atoms with Crippen molar-refractivity contribution >= 4 is 34.9 Å². The Morgan fingerprint density at radius 3 is 2.52 bits per heavy atom. The number of carboxylic acid groups (broad SMARTS) is 1. The van der Waals surface area contributed by atoms with E-state index in [2.05, 4.69) is 5.32 Å². The molecule has 0 saturated heterocycles. The van der Waals surface area contributed by atoms with E-state index in [-0.39, 0.29) is 11.6 Å². The Kier molecular flexibility index (Phi) is 5.10. The Morgan fingerprint density at radius 2 is 1.90 bits per heavy atom. The van der Waals surface area contributed by atoms with E-state index in [1.165, 1.54) is 0 Å². The average Bonchev–Trinajstić information content (AvgIpc) is 2.48. The van der Waals surface area contributed by atoms with Gasteiger partial charge >= 0.3 is 5.97 Å². The van der Waals surface area contributed by atoms with Gasteiger partial charge < -0.3 is 10.4 Å². The van der Waals surface area contributed by atoms with E-state index in [1.54, 1.807) is 36.4 Å². The molecule has 5 heteroatoms. The second kappa shape index (κ2) is 6.83. The minimum atomic E-state index is -0.956. The van der Waals surface area contributed by atoms with Crippen LogP contribution in [0, 0.1) is 0 Å². The average molecular weight is 324 g/mol. The quantitative estimate of drug-likeness (QED) is 0.789. The number of halogens is 2. The number of para-hydroxylation sites is 1. The third kappa shape index (κ3) is 3.69. The second-order valence-corrected chi connectivity index (χ2v) is 5.44. The number of nitrogens with one attached hydrogen (secondary N) is 1. The third-order valence-corrected chi connectivity index (χ3v) is 3.98. The zero-order valence-electron chi connectivity index (χ0n) is 11.4. The molecule has 2 aromatic carbocycles. The minimum absolute atomic E-state index is 0.0414. The smallest absolute Gasteiger partial charge is 0.337 e. The summed E-state index contributed by atoms with van der Waals surface area (Å²) in [5.41, 5.74) is 1.80. The van der Waals surface area contributed by atoms with Crippen molar-refractivity contribution in [1.29, 1.82) is 0 Å². The van der Waals surface area contributed by atoms with Crippen LogP contribution in [0.3, 0.4) is 0 Å². The lowest BCUT2D eigenvalue weighted by atomic mass is 10.0. The molecular weight excluding hydrogens is 309 g/mol. The van der Waals surface area contributed by atoms with Crippen LogP contribution in [0.5, 0.6) is 0 Å². The van der Waals surface area contributed by atoms with E-state index in [4.69, 9.17) is 23.2 Å². The summed E-state index contributed by atoms with van der Waals surface area (Å²) in [6.07, 6.45) is 0.784. The third-order valence-electron chi connectivity index (χ3n) is 3.24. The molecule has 2 N–H and O–H groups in total. The molecule has 0 aliphatic heterocycles. The molecule has 0 saturated carbocycles. The normalized spacial score (nSPS) is 12.0. The van der Waals surface area contributed by atoms with Gasteiger partial charge in [0.2, 0.25) is 0 Å². The van der Waals surface area contributed by atoms with Gasteiger partial charge in [0.05, 0.1) is 21.7 Å². The predicted octanol–water partition coefficient (Wildman–Crippen LogP) is 5.25. The van der Waals surface area contributed by atoms with Gasteiger partial charge in [0.25, 0.3) is 0 Å². The first-order valence-corrected chi connectivity index (χ1v) is 7.32. The summed E-state index contributed by atoms with van der Waals surface area (Å²) in [6.45, 7) is 2.02. The largest absolute Gasteiger partial charge is 0.478 e. The van der Waals surface area contributed by atoms with Gasteiger partial charge in [0.15, 0.2) is 0 Å². The highest BCUT2D eigenvalue weighted by Gasteiger charge is 2.15. The zero-order chi connectivity index (χ0) is 15.4. The summed E-state index contributed by atoms with van der Waals surface area (Å²) in [6, 6.07) is 12.2. The lowest BCUT2D eigenvalue weighted by Gasteiger charge is -2.20. The number of anilines is 1. The predicted molar refractivity (Wildman–Crippen MR) is 86.5 cm³/mol. The number of aromatic carboxylic acids is 1. The van der Waals surface area contributed by atoms with E-state index in [0.29, 0.717) is 15.7 Å². The molecule has 0 amide bonds. The van der Waals surface area contributed by atoms with E-state index < -0.39 is 5.97 Å². The molecule has 0 fully saturated rings. The van der Waals surface area contributed by atoms with Crippen molar-refractivity contribution in [3.05, 3.63) is 63.6 Å². The zero-order valence-corrected chi connectivity index (χ0v) is 12.9. The van der Waals surface area contributed by atoms with Crippen LogP contribution < -0.4 is 5.32 Å². The van der Waals surface area contributed by atoms with Crippen LogP contribution in [0.2, 0.25) is 10.0 Å². The van der Waals surface area contributed by atoms with Gasteiger partial charge in [-0.1, -0.05) is 48.3 Å². The minimum Gasteiger partial charge on any atom is -0.478 e. The van der Waals surface area contributed by atoms with Gasteiger partial charge in [-0.05, 0) is 36.2 Å². The summed E-state index contributed by atoms with van der Waals surface area (Å²) in [7, 11) is 0. The molecule has 0 aromatic heterocycles. The Labute approximate surface area is 133 Å². The molecule has 0 bridgehead atoms. The van der Waals surface area contributed by atoms with E-state index in [9.17, 15) is 9.90 Å². The highest BCUT2D eigenvalue weighted by molar-refractivity contribution is 6.42. The molecule has 3 nitrogen and oxygen atoms in total. The fourth-order valence-corrected chi connectivity index (χ4v) is 2.44. The number of benzene rings is 2. The molecule has 0 aliphatic carbocycles. The number of carbonyl (C=O) groups is 1. The molecule has 1 unspecified atom stereocenters. The summed E-state index contributed by atoms with van der Waals surface area (Å²) in [5, 5.41) is 13.5. The van der Waals surface area contributed by atoms with E-state index in [0.717, 1.165) is 12.0 Å². The van der Waals surface area contributed by atoms with Crippen LogP contribution in [0.4, 0.5) is 5.69 Å². The molecule has 0 heterocycles. The summed E-state index contributed by atoms with van der Waals surface area (Å²) in [4.78, 5) is 11.2. The van der Waals surface area contributed by atoms with Gasteiger partial charge in [-0.15, -0.1) is 0 Å². The first kappa shape index (κ1) is 15.7. The van der Waals surface area contributed by atoms with Crippen molar-refractivity contribution in [1.82, 2.24) is 0 Å². The van der Waals surface area contributed by atoms with Crippen LogP contribution >= 0.6 is 23.2 Å². The monoisotopic (exact) mass is 323 g/mol. The lowest BCUT2D eigenvalue weighted by molar-refractivity contribution is 0.0698.